The van der Waals surface area contributed by atoms with Gasteiger partial charge in [-0.15, -0.1) is 0 Å². The minimum absolute atomic E-state index is 0.0623. The molecule has 0 radical (unpaired) electrons. The number of phenolic OH excluding ortho intramolecular Hbond substituents is 1. The molecule has 2 N–H and O–H groups in total. The Kier molecular flexibility index (Phi) is 5.71. The number of hydrogen-bond acceptors (Lipinski definition) is 3. The molecule has 1 atom stereocenters. The molecule has 4 rings (SSSR count). The molecule has 1 heterocycles. The van der Waals surface area contributed by atoms with Gasteiger partial charge in [0.05, 0.1) is 0 Å². The molecule has 3 aromatic carbocycles. The van der Waals surface area contributed by atoms with E-state index in [1.807, 2.05) is 72.8 Å². The summed E-state index contributed by atoms with van der Waals surface area (Å²) in [5, 5.41) is 22.5. The zero-order chi connectivity index (χ0) is 19.6. The van der Waals surface area contributed by atoms with Crippen LogP contribution in [0.1, 0.15) is 29.5 Å². The summed E-state index contributed by atoms with van der Waals surface area (Å²) < 4.78 is 1.05. The Morgan fingerprint density at radius 3 is 2.07 bits per heavy atom. The molecule has 1 fully saturated rings. The molecule has 0 bridgehead atoms. The van der Waals surface area contributed by atoms with Crippen molar-refractivity contribution in [2.75, 3.05) is 6.54 Å². The van der Waals surface area contributed by atoms with Crippen molar-refractivity contribution >= 4 is 22.6 Å². The number of nitrogens with zero attached hydrogens (tertiary/aromatic N) is 1. The molecule has 144 valence electrons. The lowest BCUT2D eigenvalue weighted by atomic mass is 9.79. The summed E-state index contributed by atoms with van der Waals surface area (Å²) in [6.07, 6.45) is 1.93. The van der Waals surface area contributed by atoms with Crippen LogP contribution in [-0.2, 0) is 12.1 Å². The average molecular weight is 485 g/mol. The predicted molar refractivity (Wildman–Crippen MR) is 120 cm³/mol. The Morgan fingerprint density at radius 2 is 1.50 bits per heavy atom. The first-order chi connectivity index (χ1) is 13.6. The van der Waals surface area contributed by atoms with Crippen LogP contribution >= 0.6 is 22.6 Å². The van der Waals surface area contributed by atoms with Crippen molar-refractivity contribution in [3.8, 4) is 5.75 Å². The van der Waals surface area contributed by atoms with Gasteiger partial charge in [0.15, 0.2) is 0 Å². The third kappa shape index (κ3) is 3.56. The molecular formula is C24H24INO2. The van der Waals surface area contributed by atoms with E-state index in [1.165, 1.54) is 0 Å². The molecular weight excluding hydrogens is 461 g/mol. The highest BCUT2D eigenvalue weighted by Crippen LogP contribution is 2.41. The van der Waals surface area contributed by atoms with Crippen molar-refractivity contribution in [1.82, 2.24) is 4.90 Å². The van der Waals surface area contributed by atoms with E-state index in [1.54, 1.807) is 6.07 Å². The molecule has 0 amide bonds. The summed E-state index contributed by atoms with van der Waals surface area (Å²) in [6, 6.07) is 25.5. The van der Waals surface area contributed by atoms with E-state index in [4.69, 9.17) is 0 Å². The number of likely N-dealkylation sites (tertiary alicyclic amines) is 1. The predicted octanol–water partition coefficient (Wildman–Crippen LogP) is 4.90. The van der Waals surface area contributed by atoms with Crippen molar-refractivity contribution in [3.63, 3.8) is 0 Å². The molecule has 4 heteroatoms. The van der Waals surface area contributed by atoms with E-state index >= 15 is 0 Å². The van der Waals surface area contributed by atoms with E-state index in [2.05, 4.69) is 27.5 Å². The molecule has 1 aliphatic heterocycles. The third-order valence-electron chi connectivity index (χ3n) is 5.73. The molecule has 0 unspecified atom stereocenters. The molecule has 28 heavy (non-hydrogen) atoms. The summed E-state index contributed by atoms with van der Waals surface area (Å²) >= 11 is 2.27. The van der Waals surface area contributed by atoms with Gasteiger partial charge in [0, 0.05) is 21.7 Å². The maximum absolute atomic E-state index is 12.1. The van der Waals surface area contributed by atoms with E-state index in [0.717, 1.165) is 39.6 Å². The number of halogens is 1. The highest BCUT2D eigenvalue weighted by atomic mass is 127. The van der Waals surface area contributed by atoms with Gasteiger partial charge in [-0.3, -0.25) is 4.90 Å². The molecule has 3 nitrogen and oxygen atoms in total. The van der Waals surface area contributed by atoms with Crippen molar-refractivity contribution in [3.05, 3.63) is 99.1 Å². The standard InChI is InChI=1S/C24H24INO2/c25-21-13-7-14-22(27)20(21)17-26-16-8-15-23(26)24(28,18-9-3-1-4-10-18)19-11-5-2-6-12-19/h1-7,9-14,23,27-28H,8,15-17H2/t23-/m0/s1. The van der Waals surface area contributed by atoms with E-state index in [0.29, 0.717) is 12.3 Å². The third-order valence-corrected chi connectivity index (χ3v) is 6.74. The lowest BCUT2D eigenvalue weighted by Crippen LogP contribution is -2.48. The van der Waals surface area contributed by atoms with Crippen molar-refractivity contribution in [1.29, 1.82) is 0 Å². The first-order valence-electron chi connectivity index (χ1n) is 9.64. The smallest absolute Gasteiger partial charge is 0.130 e. The minimum atomic E-state index is -1.10. The van der Waals surface area contributed by atoms with Gasteiger partial charge in [-0.2, -0.15) is 0 Å². The zero-order valence-corrected chi connectivity index (χ0v) is 17.8. The normalized spacial score (nSPS) is 17.7. The Morgan fingerprint density at radius 1 is 0.893 bits per heavy atom. The molecule has 0 aliphatic carbocycles. The van der Waals surface area contributed by atoms with Gasteiger partial charge in [-0.05, 0) is 65.2 Å². The maximum Gasteiger partial charge on any atom is 0.130 e. The topological polar surface area (TPSA) is 43.7 Å². The minimum Gasteiger partial charge on any atom is -0.508 e. The van der Waals surface area contributed by atoms with E-state index < -0.39 is 5.60 Å². The number of benzene rings is 3. The van der Waals surface area contributed by atoms with Crippen LogP contribution in [0.4, 0.5) is 0 Å². The van der Waals surface area contributed by atoms with Gasteiger partial charge in [0.25, 0.3) is 0 Å². The zero-order valence-electron chi connectivity index (χ0n) is 15.6. The number of hydrogen-bond donors (Lipinski definition) is 2. The second kappa shape index (κ2) is 8.23. The highest BCUT2D eigenvalue weighted by Gasteiger charge is 2.45. The SMILES string of the molecule is Oc1cccc(I)c1CN1CCC[C@H]1C(O)(c1ccccc1)c1ccccc1. The molecule has 1 saturated heterocycles. The fourth-order valence-electron chi connectivity index (χ4n) is 4.33. The summed E-state index contributed by atoms with van der Waals surface area (Å²) in [5.41, 5.74) is 1.64. The van der Waals surface area contributed by atoms with Crippen LogP contribution in [0.25, 0.3) is 0 Å². The fourth-order valence-corrected chi connectivity index (χ4v) is 4.99. The highest BCUT2D eigenvalue weighted by molar-refractivity contribution is 14.1. The van der Waals surface area contributed by atoms with Crippen LogP contribution in [0.5, 0.6) is 5.75 Å². The van der Waals surface area contributed by atoms with Crippen LogP contribution in [0.3, 0.4) is 0 Å². The molecule has 3 aromatic rings. The van der Waals surface area contributed by atoms with E-state index in [-0.39, 0.29) is 6.04 Å². The summed E-state index contributed by atoms with van der Waals surface area (Å²) in [4.78, 5) is 2.32. The van der Waals surface area contributed by atoms with Crippen molar-refractivity contribution in [2.24, 2.45) is 0 Å². The van der Waals surface area contributed by atoms with Gasteiger partial charge in [0.1, 0.15) is 11.4 Å². The number of phenols is 1. The largest absolute Gasteiger partial charge is 0.508 e. The fraction of sp³-hybridized carbons (Fsp3) is 0.250. The van der Waals surface area contributed by atoms with Crippen LogP contribution in [0, 0.1) is 3.57 Å². The van der Waals surface area contributed by atoms with Gasteiger partial charge in [-0.1, -0.05) is 66.7 Å². The van der Waals surface area contributed by atoms with Gasteiger partial charge in [-0.25, -0.2) is 0 Å². The lowest BCUT2D eigenvalue weighted by molar-refractivity contribution is -0.00679. The molecule has 0 aromatic heterocycles. The van der Waals surface area contributed by atoms with Gasteiger partial charge < -0.3 is 10.2 Å². The van der Waals surface area contributed by atoms with E-state index in [9.17, 15) is 10.2 Å². The number of aliphatic hydroxyl groups is 1. The molecule has 0 spiro atoms. The first-order valence-corrected chi connectivity index (χ1v) is 10.7. The first kappa shape index (κ1) is 19.4. The summed E-state index contributed by atoms with van der Waals surface area (Å²) in [5.74, 6) is 0.320. The van der Waals surface area contributed by atoms with Crippen molar-refractivity contribution in [2.45, 2.75) is 31.0 Å². The van der Waals surface area contributed by atoms with Gasteiger partial charge in [0.2, 0.25) is 0 Å². The Balaban J connectivity index is 1.76. The summed E-state index contributed by atoms with van der Waals surface area (Å²) in [6.45, 7) is 1.52. The number of rotatable bonds is 5. The molecule has 0 saturated carbocycles. The van der Waals surface area contributed by atoms with Crippen LogP contribution in [0.15, 0.2) is 78.9 Å². The average Bonchev–Trinajstić information content (AvgIpc) is 3.20. The number of aromatic hydroxyl groups is 1. The van der Waals surface area contributed by atoms with Gasteiger partial charge >= 0.3 is 0 Å². The van der Waals surface area contributed by atoms with Crippen molar-refractivity contribution < 1.29 is 10.2 Å². The second-order valence-corrected chi connectivity index (χ2v) is 8.53. The van der Waals surface area contributed by atoms with Crippen LogP contribution in [0.2, 0.25) is 0 Å². The van der Waals surface area contributed by atoms with Crippen LogP contribution in [-0.4, -0.2) is 27.7 Å². The Hall–Kier alpha value is -1.89. The lowest BCUT2D eigenvalue weighted by Gasteiger charge is -2.40. The maximum atomic E-state index is 12.1. The Labute approximate surface area is 179 Å². The van der Waals surface area contributed by atoms with Crippen LogP contribution < -0.4 is 0 Å². The summed E-state index contributed by atoms with van der Waals surface area (Å²) in [7, 11) is 0. The second-order valence-electron chi connectivity index (χ2n) is 7.36. The Bertz CT molecular complexity index is 870. The molecule has 1 aliphatic rings. The monoisotopic (exact) mass is 485 g/mol. The quantitative estimate of drug-likeness (QED) is 0.506.